The molecule has 0 spiro atoms. The van der Waals surface area contributed by atoms with Gasteiger partial charge in [-0.15, -0.1) is 0 Å². The van der Waals surface area contributed by atoms with Crippen molar-refractivity contribution in [3.63, 3.8) is 0 Å². The summed E-state index contributed by atoms with van der Waals surface area (Å²) in [6, 6.07) is 54.2. The van der Waals surface area contributed by atoms with Gasteiger partial charge in [0.1, 0.15) is 5.65 Å². The summed E-state index contributed by atoms with van der Waals surface area (Å²) in [6.45, 7) is 0. The van der Waals surface area contributed by atoms with E-state index < -0.39 is 0 Å². The molecule has 0 N–H and O–H groups in total. The maximum Gasteiger partial charge on any atom is 0.164 e. The van der Waals surface area contributed by atoms with Crippen molar-refractivity contribution in [2.45, 2.75) is 0 Å². The van der Waals surface area contributed by atoms with Gasteiger partial charge in [-0.25, -0.2) is 19.9 Å². The minimum atomic E-state index is 0.634. The Balaban J connectivity index is 1.27. The van der Waals surface area contributed by atoms with Crippen LogP contribution in [0.5, 0.6) is 0 Å². The fourth-order valence-corrected chi connectivity index (χ4v) is 6.49. The van der Waals surface area contributed by atoms with Gasteiger partial charge in [-0.05, 0) is 34.2 Å². The molecule has 9 aromatic rings. The van der Waals surface area contributed by atoms with Gasteiger partial charge >= 0.3 is 0 Å². The molecule has 0 unspecified atom stereocenters. The van der Waals surface area contributed by atoms with Crippen molar-refractivity contribution in [1.82, 2.24) is 24.3 Å². The minimum absolute atomic E-state index is 0.634. The van der Waals surface area contributed by atoms with Gasteiger partial charge in [0.05, 0.1) is 11.0 Å². The molecule has 5 heteroatoms. The fourth-order valence-electron chi connectivity index (χ4n) is 6.49. The van der Waals surface area contributed by atoms with E-state index in [1.807, 2.05) is 66.7 Å². The van der Waals surface area contributed by atoms with Crippen LogP contribution >= 0.6 is 0 Å². The Morgan fingerprint density at radius 1 is 0.340 bits per heavy atom. The van der Waals surface area contributed by atoms with E-state index in [0.717, 1.165) is 60.8 Å². The summed E-state index contributed by atoms with van der Waals surface area (Å²) in [6.07, 6.45) is 2.11. The zero-order valence-electron chi connectivity index (χ0n) is 25.3. The van der Waals surface area contributed by atoms with Crippen LogP contribution in [-0.4, -0.2) is 24.3 Å². The average Bonchev–Trinajstić information content (AvgIpc) is 3.55. The van der Waals surface area contributed by atoms with Crippen LogP contribution in [0.2, 0.25) is 0 Å². The Bertz CT molecular complexity index is 2480. The zero-order valence-corrected chi connectivity index (χ0v) is 25.3. The summed E-state index contributed by atoms with van der Waals surface area (Å²) in [5.74, 6) is 1.93. The lowest BCUT2D eigenvalue weighted by Crippen LogP contribution is -2.00. The number of aromatic nitrogens is 5. The second-order valence-corrected chi connectivity index (χ2v) is 11.5. The Morgan fingerprint density at radius 2 is 0.787 bits per heavy atom. The van der Waals surface area contributed by atoms with Crippen molar-refractivity contribution in [3.05, 3.63) is 164 Å². The largest absolute Gasteiger partial charge is 0.299 e. The lowest BCUT2D eigenvalue weighted by atomic mass is 9.88. The SMILES string of the molecule is c1ccc(-c2nc(-c3ccccc3)nc(-c3ccc(-c4c(-c5ccccc5)c5c(nc6ccccn65)c5ccccc45)cc3)n2)cc1. The van der Waals surface area contributed by atoms with Gasteiger partial charge in [-0.3, -0.25) is 4.40 Å². The Labute approximate surface area is 271 Å². The monoisotopic (exact) mass is 601 g/mol. The topological polar surface area (TPSA) is 56.0 Å². The molecule has 6 aromatic carbocycles. The first kappa shape index (κ1) is 26.9. The van der Waals surface area contributed by atoms with Crippen molar-refractivity contribution >= 4 is 27.5 Å². The molecule has 0 atom stereocenters. The maximum atomic E-state index is 5.12. The molecule has 3 heterocycles. The first-order chi connectivity index (χ1) is 23.3. The molecule has 9 rings (SSSR count). The van der Waals surface area contributed by atoms with Gasteiger partial charge in [0.15, 0.2) is 17.5 Å². The Kier molecular flexibility index (Phi) is 6.39. The summed E-state index contributed by atoms with van der Waals surface area (Å²) in [4.78, 5) is 19.9. The van der Waals surface area contributed by atoms with Crippen molar-refractivity contribution < 1.29 is 0 Å². The van der Waals surface area contributed by atoms with Gasteiger partial charge in [0.25, 0.3) is 0 Å². The highest BCUT2D eigenvalue weighted by molar-refractivity contribution is 6.20. The molecule has 0 aliphatic rings. The smallest absolute Gasteiger partial charge is 0.164 e. The molecule has 0 saturated heterocycles. The number of hydrogen-bond donors (Lipinski definition) is 0. The number of fused-ring (bicyclic) bond motifs is 5. The first-order valence-electron chi connectivity index (χ1n) is 15.7. The molecule has 220 valence electrons. The van der Waals surface area contributed by atoms with Gasteiger partial charge in [-0.2, -0.15) is 0 Å². The second-order valence-electron chi connectivity index (χ2n) is 11.5. The van der Waals surface area contributed by atoms with E-state index in [1.54, 1.807) is 0 Å². The normalized spacial score (nSPS) is 11.4. The predicted molar refractivity (Wildman–Crippen MR) is 191 cm³/mol. The second kappa shape index (κ2) is 11.2. The van der Waals surface area contributed by atoms with E-state index in [4.69, 9.17) is 19.9 Å². The van der Waals surface area contributed by atoms with Crippen LogP contribution in [0, 0.1) is 0 Å². The quantitative estimate of drug-likeness (QED) is 0.197. The molecule has 5 nitrogen and oxygen atoms in total. The van der Waals surface area contributed by atoms with E-state index in [0.29, 0.717) is 17.5 Å². The van der Waals surface area contributed by atoms with Gasteiger partial charge in [-0.1, -0.05) is 146 Å². The molecule has 0 bridgehead atoms. The van der Waals surface area contributed by atoms with Crippen LogP contribution in [-0.2, 0) is 0 Å². The third kappa shape index (κ3) is 4.64. The maximum absolute atomic E-state index is 5.12. The van der Waals surface area contributed by atoms with Crippen LogP contribution in [0.3, 0.4) is 0 Å². The van der Waals surface area contributed by atoms with Crippen molar-refractivity contribution in [1.29, 1.82) is 0 Å². The molecule has 0 saturated carbocycles. The molecule has 0 fully saturated rings. The van der Waals surface area contributed by atoms with Gasteiger partial charge in [0.2, 0.25) is 0 Å². The molecular weight excluding hydrogens is 574 g/mol. The number of rotatable bonds is 5. The van der Waals surface area contributed by atoms with E-state index in [-0.39, 0.29) is 0 Å². The third-order valence-electron chi connectivity index (χ3n) is 8.66. The third-order valence-corrected chi connectivity index (χ3v) is 8.66. The van der Waals surface area contributed by atoms with Crippen LogP contribution in [0.1, 0.15) is 0 Å². The fraction of sp³-hybridized carbons (Fsp3) is 0. The van der Waals surface area contributed by atoms with Gasteiger partial charge in [0, 0.05) is 33.8 Å². The van der Waals surface area contributed by atoms with Crippen molar-refractivity contribution in [2.24, 2.45) is 0 Å². The zero-order chi connectivity index (χ0) is 31.2. The standard InChI is InChI=1S/C42H27N5/c1-4-14-28(15-5-1)37-36(33-20-10-11-21-34(33)38-39(37)47-27-13-12-22-35(47)43-38)29-23-25-32(26-24-29)42-45-40(30-16-6-2-7-17-30)44-41(46-42)31-18-8-3-9-19-31/h1-27H. The van der Waals surface area contributed by atoms with E-state index >= 15 is 0 Å². The summed E-state index contributed by atoms with van der Waals surface area (Å²) in [5, 5.41) is 2.29. The summed E-state index contributed by atoms with van der Waals surface area (Å²) >= 11 is 0. The van der Waals surface area contributed by atoms with Crippen molar-refractivity contribution in [3.8, 4) is 56.4 Å². The van der Waals surface area contributed by atoms with E-state index in [2.05, 4.69) is 102 Å². The lowest BCUT2D eigenvalue weighted by Gasteiger charge is -2.17. The van der Waals surface area contributed by atoms with Crippen LogP contribution in [0.25, 0.3) is 83.9 Å². The highest BCUT2D eigenvalue weighted by Crippen LogP contribution is 2.44. The van der Waals surface area contributed by atoms with Crippen molar-refractivity contribution in [2.75, 3.05) is 0 Å². The van der Waals surface area contributed by atoms with Gasteiger partial charge < -0.3 is 0 Å². The number of imidazole rings is 1. The summed E-state index contributed by atoms with van der Waals surface area (Å²) in [7, 11) is 0. The number of pyridine rings is 1. The minimum Gasteiger partial charge on any atom is -0.299 e. The first-order valence-corrected chi connectivity index (χ1v) is 15.7. The number of nitrogens with zero attached hydrogens (tertiary/aromatic N) is 5. The highest BCUT2D eigenvalue weighted by atomic mass is 15.0. The van der Waals surface area contributed by atoms with E-state index in [1.165, 1.54) is 5.56 Å². The van der Waals surface area contributed by atoms with Crippen LogP contribution in [0.4, 0.5) is 0 Å². The average molecular weight is 602 g/mol. The highest BCUT2D eigenvalue weighted by Gasteiger charge is 2.21. The number of hydrogen-bond acceptors (Lipinski definition) is 4. The number of benzene rings is 6. The Morgan fingerprint density at radius 3 is 1.38 bits per heavy atom. The van der Waals surface area contributed by atoms with Crippen LogP contribution in [0.15, 0.2) is 164 Å². The Hall–Kier alpha value is -6.46. The molecule has 0 amide bonds. The summed E-state index contributed by atoms with van der Waals surface area (Å²) < 4.78 is 2.21. The molecule has 0 radical (unpaired) electrons. The molecule has 3 aromatic heterocycles. The molecule has 47 heavy (non-hydrogen) atoms. The molecular formula is C42H27N5. The summed E-state index contributed by atoms with van der Waals surface area (Å²) in [5.41, 5.74) is 10.4. The molecule has 0 aliphatic carbocycles. The molecule has 0 aliphatic heterocycles. The lowest BCUT2D eigenvalue weighted by molar-refractivity contribution is 1.07. The predicted octanol–water partition coefficient (Wildman–Crippen LogP) is 10.2. The van der Waals surface area contributed by atoms with E-state index in [9.17, 15) is 0 Å². The van der Waals surface area contributed by atoms with Crippen LogP contribution < -0.4 is 0 Å².